The minimum atomic E-state index is -0.938. The van der Waals surface area contributed by atoms with Crippen molar-refractivity contribution in [3.05, 3.63) is 20.8 Å². The summed E-state index contributed by atoms with van der Waals surface area (Å²) in [5.74, 6) is -2.20. The molecule has 1 rings (SSSR count). The van der Waals surface area contributed by atoms with E-state index in [1.54, 1.807) is 26.0 Å². The molecule has 2 atom stereocenters. The number of carboxylic acids is 1. The van der Waals surface area contributed by atoms with Gasteiger partial charge in [0.05, 0.1) is 14.6 Å². The van der Waals surface area contributed by atoms with Crippen molar-refractivity contribution in [1.29, 1.82) is 0 Å². The highest BCUT2D eigenvalue weighted by Crippen LogP contribution is 2.26. The first-order chi connectivity index (χ1) is 6.93. The molecule has 1 aromatic rings. The number of carboxylic acid groups (broad SMARTS) is 1. The minimum absolute atomic E-state index is 0.111. The van der Waals surface area contributed by atoms with Crippen molar-refractivity contribution in [3.63, 3.8) is 0 Å². The molecule has 1 aromatic heterocycles. The normalized spacial score (nSPS) is 14.6. The molecule has 0 aromatic carbocycles. The van der Waals surface area contributed by atoms with E-state index in [0.717, 1.165) is 3.79 Å². The second-order valence-electron chi connectivity index (χ2n) is 3.38. The predicted molar refractivity (Wildman–Crippen MR) is 62.3 cm³/mol. The number of carbonyl (C=O) groups is 2. The minimum Gasteiger partial charge on any atom is -0.481 e. The molecule has 5 heteroatoms. The van der Waals surface area contributed by atoms with E-state index >= 15 is 0 Å². The van der Waals surface area contributed by atoms with Crippen molar-refractivity contribution < 1.29 is 14.7 Å². The van der Waals surface area contributed by atoms with Gasteiger partial charge in [0, 0.05) is 5.92 Å². The van der Waals surface area contributed by atoms with Crippen molar-refractivity contribution in [1.82, 2.24) is 0 Å². The fourth-order valence-electron chi connectivity index (χ4n) is 1.11. The molecule has 82 valence electrons. The first kappa shape index (κ1) is 12.4. The van der Waals surface area contributed by atoms with Crippen molar-refractivity contribution in [3.8, 4) is 0 Å². The van der Waals surface area contributed by atoms with Gasteiger partial charge in [-0.15, -0.1) is 11.3 Å². The van der Waals surface area contributed by atoms with E-state index in [-0.39, 0.29) is 5.78 Å². The second kappa shape index (κ2) is 4.90. The van der Waals surface area contributed by atoms with Gasteiger partial charge >= 0.3 is 5.97 Å². The van der Waals surface area contributed by atoms with Gasteiger partial charge in [-0.05, 0) is 28.1 Å². The molecule has 0 aliphatic rings. The van der Waals surface area contributed by atoms with Crippen LogP contribution in [0.2, 0.25) is 0 Å². The van der Waals surface area contributed by atoms with Gasteiger partial charge in [0.15, 0.2) is 5.78 Å². The van der Waals surface area contributed by atoms with Crippen molar-refractivity contribution >= 4 is 39.0 Å². The number of aliphatic carboxylic acids is 1. The molecule has 0 aliphatic heterocycles. The average Bonchev–Trinajstić information content (AvgIpc) is 2.61. The molecule has 0 saturated heterocycles. The van der Waals surface area contributed by atoms with Crippen LogP contribution in [0.15, 0.2) is 15.9 Å². The molecule has 0 amide bonds. The van der Waals surface area contributed by atoms with Crippen LogP contribution in [-0.2, 0) is 4.79 Å². The smallest absolute Gasteiger partial charge is 0.306 e. The van der Waals surface area contributed by atoms with E-state index in [2.05, 4.69) is 15.9 Å². The average molecular weight is 291 g/mol. The molecule has 1 heterocycles. The Kier molecular flexibility index (Phi) is 4.04. The number of rotatable bonds is 4. The Bertz CT molecular complexity index is 386. The van der Waals surface area contributed by atoms with E-state index in [1.807, 2.05) is 0 Å². The van der Waals surface area contributed by atoms with Gasteiger partial charge in [-0.2, -0.15) is 0 Å². The summed E-state index contributed by atoms with van der Waals surface area (Å²) in [5, 5.41) is 8.80. The number of carbonyl (C=O) groups excluding carboxylic acids is 1. The van der Waals surface area contributed by atoms with Crippen LogP contribution in [-0.4, -0.2) is 16.9 Å². The van der Waals surface area contributed by atoms with Crippen LogP contribution in [0.5, 0.6) is 0 Å². The van der Waals surface area contributed by atoms with Gasteiger partial charge in [0.2, 0.25) is 0 Å². The molecule has 1 N–H and O–H groups in total. The van der Waals surface area contributed by atoms with Gasteiger partial charge in [0.1, 0.15) is 0 Å². The fraction of sp³-hybridized carbons (Fsp3) is 0.400. The molecule has 0 fully saturated rings. The summed E-state index contributed by atoms with van der Waals surface area (Å²) >= 11 is 4.59. The van der Waals surface area contributed by atoms with Crippen molar-refractivity contribution in [2.24, 2.45) is 11.8 Å². The van der Waals surface area contributed by atoms with E-state index in [9.17, 15) is 9.59 Å². The Morgan fingerprint density at radius 2 is 1.93 bits per heavy atom. The van der Waals surface area contributed by atoms with Gasteiger partial charge in [-0.3, -0.25) is 9.59 Å². The molecule has 0 bridgehead atoms. The zero-order valence-corrected chi connectivity index (χ0v) is 10.8. The molecule has 2 unspecified atom stereocenters. The number of thiophene rings is 1. The first-order valence-corrected chi connectivity index (χ1v) is 6.06. The molecule has 0 radical (unpaired) electrons. The highest BCUT2D eigenvalue weighted by atomic mass is 79.9. The lowest BCUT2D eigenvalue weighted by Gasteiger charge is -2.13. The van der Waals surface area contributed by atoms with Crippen LogP contribution >= 0.6 is 27.3 Å². The highest BCUT2D eigenvalue weighted by Gasteiger charge is 2.27. The van der Waals surface area contributed by atoms with E-state index in [0.29, 0.717) is 4.88 Å². The predicted octanol–water partition coefficient (Wildman–Crippen LogP) is 3.05. The second-order valence-corrected chi connectivity index (χ2v) is 5.85. The van der Waals surface area contributed by atoms with Crippen LogP contribution in [0.4, 0.5) is 0 Å². The number of halogens is 1. The SMILES string of the molecule is CC(C(=O)O)C(C)C(=O)c1ccc(Br)s1. The zero-order chi connectivity index (χ0) is 11.6. The zero-order valence-electron chi connectivity index (χ0n) is 8.36. The third kappa shape index (κ3) is 2.89. The highest BCUT2D eigenvalue weighted by molar-refractivity contribution is 9.11. The largest absolute Gasteiger partial charge is 0.481 e. The monoisotopic (exact) mass is 290 g/mol. The lowest BCUT2D eigenvalue weighted by molar-refractivity contribution is -0.142. The molecule has 3 nitrogen and oxygen atoms in total. The van der Waals surface area contributed by atoms with E-state index in [4.69, 9.17) is 5.11 Å². The molecular weight excluding hydrogens is 280 g/mol. The third-order valence-electron chi connectivity index (χ3n) is 2.37. The Morgan fingerprint density at radius 3 is 2.33 bits per heavy atom. The van der Waals surface area contributed by atoms with Gasteiger partial charge < -0.3 is 5.11 Å². The number of ketones is 1. The van der Waals surface area contributed by atoms with Crippen molar-refractivity contribution in [2.75, 3.05) is 0 Å². The molecular formula is C10H11BrO3S. The van der Waals surface area contributed by atoms with Crippen LogP contribution in [0.3, 0.4) is 0 Å². The summed E-state index contributed by atoms with van der Waals surface area (Å²) in [7, 11) is 0. The maximum absolute atomic E-state index is 11.8. The molecule has 0 spiro atoms. The van der Waals surface area contributed by atoms with E-state index in [1.165, 1.54) is 11.3 Å². The van der Waals surface area contributed by atoms with Gasteiger partial charge in [0.25, 0.3) is 0 Å². The Hall–Kier alpha value is -0.680. The summed E-state index contributed by atoms with van der Waals surface area (Å²) in [4.78, 5) is 23.2. The van der Waals surface area contributed by atoms with Gasteiger partial charge in [-0.25, -0.2) is 0 Å². The van der Waals surface area contributed by atoms with Crippen LogP contribution in [0.25, 0.3) is 0 Å². The Balaban J connectivity index is 2.81. The van der Waals surface area contributed by atoms with Crippen LogP contribution in [0.1, 0.15) is 23.5 Å². The quantitative estimate of drug-likeness (QED) is 0.867. The summed E-state index contributed by atoms with van der Waals surface area (Å²) in [6.45, 7) is 3.20. The van der Waals surface area contributed by atoms with Crippen LogP contribution in [0, 0.1) is 11.8 Å². The number of Topliss-reactive ketones (excluding diaryl/α,β-unsaturated/α-hetero) is 1. The maximum Gasteiger partial charge on any atom is 0.306 e. The molecule has 15 heavy (non-hydrogen) atoms. The third-order valence-corrected chi connectivity index (χ3v) is 4.01. The Labute approximate surface area is 100 Å². The fourth-order valence-corrected chi connectivity index (χ4v) is 2.54. The summed E-state index contributed by atoms with van der Waals surface area (Å²) in [6, 6.07) is 3.50. The lowest BCUT2D eigenvalue weighted by Crippen LogP contribution is -2.24. The van der Waals surface area contributed by atoms with E-state index < -0.39 is 17.8 Å². The molecule has 0 aliphatic carbocycles. The van der Waals surface area contributed by atoms with Gasteiger partial charge in [-0.1, -0.05) is 13.8 Å². The van der Waals surface area contributed by atoms with Crippen molar-refractivity contribution in [2.45, 2.75) is 13.8 Å². The Morgan fingerprint density at radius 1 is 1.33 bits per heavy atom. The lowest BCUT2D eigenvalue weighted by atomic mass is 9.91. The number of hydrogen-bond donors (Lipinski definition) is 1. The topological polar surface area (TPSA) is 54.4 Å². The summed E-state index contributed by atoms with van der Waals surface area (Å²) < 4.78 is 0.876. The summed E-state index contributed by atoms with van der Waals surface area (Å²) in [5.41, 5.74) is 0. The molecule has 0 saturated carbocycles. The number of hydrogen-bond acceptors (Lipinski definition) is 3. The summed E-state index contributed by atoms with van der Waals surface area (Å²) in [6.07, 6.45) is 0. The maximum atomic E-state index is 11.8. The standard InChI is InChI=1S/C10H11BrO3S/c1-5(6(2)10(13)14)9(12)7-3-4-8(11)15-7/h3-6H,1-2H3,(H,13,14). The first-order valence-electron chi connectivity index (χ1n) is 4.46. The van der Waals surface area contributed by atoms with Crippen LogP contribution < -0.4 is 0 Å².